The van der Waals surface area contributed by atoms with Gasteiger partial charge in [0.15, 0.2) is 11.5 Å². The monoisotopic (exact) mass is 429 g/mol. The third-order valence-corrected chi connectivity index (χ3v) is 5.42. The number of hydrogen-bond donors (Lipinski definition) is 2. The molecule has 0 atom stereocenters. The van der Waals surface area contributed by atoms with Gasteiger partial charge in [0.1, 0.15) is 0 Å². The Balaban J connectivity index is 1.45. The Morgan fingerprint density at radius 3 is 2.47 bits per heavy atom. The molecular formula is C24H27N7O. The van der Waals surface area contributed by atoms with Gasteiger partial charge in [-0.1, -0.05) is 13.8 Å². The molecule has 4 rings (SSSR count). The van der Waals surface area contributed by atoms with Crippen LogP contribution in [-0.4, -0.2) is 56.3 Å². The molecule has 164 valence electrons. The van der Waals surface area contributed by atoms with E-state index in [2.05, 4.69) is 44.3 Å². The molecule has 0 bridgehead atoms. The zero-order valence-electron chi connectivity index (χ0n) is 18.3. The summed E-state index contributed by atoms with van der Waals surface area (Å²) in [6.45, 7) is 7.68. The fourth-order valence-corrected chi connectivity index (χ4v) is 3.55. The van der Waals surface area contributed by atoms with E-state index in [1.807, 2.05) is 53.2 Å². The summed E-state index contributed by atoms with van der Waals surface area (Å²) in [7, 11) is 0. The Hall–Kier alpha value is -3.78. The van der Waals surface area contributed by atoms with Crippen LogP contribution < -0.4 is 10.6 Å². The molecule has 0 aliphatic carbocycles. The summed E-state index contributed by atoms with van der Waals surface area (Å²) in [5, 5.41) is 6.28. The lowest BCUT2D eigenvalue weighted by Gasteiger charge is -2.18. The highest BCUT2D eigenvalue weighted by molar-refractivity contribution is 5.94. The largest absolute Gasteiger partial charge is 0.351 e. The van der Waals surface area contributed by atoms with Crippen molar-refractivity contribution in [2.75, 3.05) is 31.5 Å². The van der Waals surface area contributed by atoms with Gasteiger partial charge in [-0.3, -0.25) is 14.2 Å². The summed E-state index contributed by atoms with van der Waals surface area (Å²) in [5.74, 6) is 0.573. The molecule has 0 unspecified atom stereocenters. The average molecular weight is 430 g/mol. The number of hydrogen-bond acceptors (Lipinski definition) is 6. The van der Waals surface area contributed by atoms with Crippen LogP contribution in [0.15, 0.2) is 67.4 Å². The first-order valence-electron chi connectivity index (χ1n) is 10.8. The second-order valence-corrected chi connectivity index (χ2v) is 7.33. The first kappa shape index (κ1) is 21.5. The maximum atomic E-state index is 12.4. The van der Waals surface area contributed by atoms with Crippen LogP contribution in [0.3, 0.4) is 0 Å². The Kier molecular flexibility index (Phi) is 6.72. The van der Waals surface area contributed by atoms with Crippen LogP contribution in [-0.2, 0) is 0 Å². The molecule has 0 aliphatic rings. The molecule has 0 spiro atoms. The molecule has 8 nitrogen and oxygen atoms in total. The molecule has 32 heavy (non-hydrogen) atoms. The first-order chi connectivity index (χ1) is 15.7. The van der Waals surface area contributed by atoms with E-state index in [9.17, 15) is 4.79 Å². The lowest BCUT2D eigenvalue weighted by atomic mass is 10.2. The Morgan fingerprint density at radius 1 is 1.00 bits per heavy atom. The molecule has 0 saturated carbocycles. The third kappa shape index (κ3) is 4.76. The van der Waals surface area contributed by atoms with Gasteiger partial charge in [-0.05, 0) is 49.5 Å². The fraction of sp³-hybridized carbons (Fsp3) is 0.250. The van der Waals surface area contributed by atoms with Gasteiger partial charge in [-0.25, -0.2) is 9.97 Å². The lowest BCUT2D eigenvalue weighted by Crippen LogP contribution is -2.34. The van der Waals surface area contributed by atoms with E-state index in [-0.39, 0.29) is 5.91 Å². The average Bonchev–Trinajstić information content (AvgIpc) is 3.33. The number of pyridine rings is 1. The summed E-state index contributed by atoms with van der Waals surface area (Å²) in [6, 6.07) is 11.2. The van der Waals surface area contributed by atoms with E-state index >= 15 is 0 Å². The van der Waals surface area contributed by atoms with Crippen molar-refractivity contribution >= 4 is 23.1 Å². The van der Waals surface area contributed by atoms with Crippen molar-refractivity contribution in [2.45, 2.75) is 13.8 Å². The summed E-state index contributed by atoms with van der Waals surface area (Å²) >= 11 is 0. The van der Waals surface area contributed by atoms with Gasteiger partial charge < -0.3 is 15.5 Å². The first-order valence-corrected chi connectivity index (χ1v) is 10.8. The second kappa shape index (κ2) is 10.0. The molecule has 0 fully saturated rings. The summed E-state index contributed by atoms with van der Waals surface area (Å²) in [5.41, 5.74) is 4.12. The molecule has 3 aromatic heterocycles. The summed E-state index contributed by atoms with van der Waals surface area (Å²) in [4.78, 5) is 27.8. The van der Waals surface area contributed by atoms with Crippen LogP contribution in [0.25, 0.3) is 16.9 Å². The molecule has 1 aromatic carbocycles. The summed E-state index contributed by atoms with van der Waals surface area (Å²) in [6.07, 6.45) is 8.98. The van der Waals surface area contributed by atoms with E-state index in [1.165, 1.54) is 0 Å². The van der Waals surface area contributed by atoms with Crippen LogP contribution in [0, 0.1) is 0 Å². The van der Waals surface area contributed by atoms with Gasteiger partial charge >= 0.3 is 0 Å². The second-order valence-electron chi connectivity index (χ2n) is 7.33. The van der Waals surface area contributed by atoms with Gasteiger partial charge in [0.2, 0.25) is 0 Å². The minimum absolute atomic E-state index is 0.0702. The smallest absolute Gasteiger partial charge is 0.251 e. The molecule has 4 aromatic rings. The molecule has 0 aliphatic heterocycles. The van der Waals surface area contributed by atoms with Gasteiger partial charge in [0, 0.05) is 54.7 Å². The quantitative estimate of drug-likeness (QED) is 0.423. The maximum absolute atomic E-state index is 12.4. The van der Waals surface area contributed by atoms with Gasteiger partial charge in [-0.15, -0.1) is 0 Å². The molecule has 0 radical (unpaired) electrons. The standard InChI is InChI=1S/C24H27N7O/c1-3-30(4-2)15-13-27-24(32)19-5-7-20(8-6-19)29-22-23-26-14-16-31(23)21(17-28-22)18-9-11-25-12-10-18/h5-12,14,16-17H,3-4,13,15H2,1-2H3,(H,27,32)(H,28,29). The zero-order chi connectivity index (χ0) is 22.3. The molecule has 2 N–H and O–H groups in total. The van der Waals surface area contributed by atoms with E-state index in [4.69, 9.17) is 0 Å². The van der Waals surface area contributed by atoms with Crippen molar-refractivity contribution in [1.29, 1.82) is 0 Å². The number of carbonyl (C=O) groups is 1. The van der Waals surface area contributed by atoms with Crippen LogP contribution >= 0.6 is 0 Å². The van der Waals surface area contributed by atoms with E-state index in [0.29, 0.717) is 17.9 Å². The topological polar surface area (TPSA) is 87.5 Å². The number of benzene rings is 1. The number of fused-ring (bicyclic) bond motifs is 1. The molecule has 0 saturated heterocycles. The number of anilines is 2. The fourth-order valence-electron chi connectivity index (χ4n) is 3.55. The number of nitrogens with one attached hydrogen (secondary N) is 2. The number of amides is 1. The maximum Gasteiger partial charge on any atom is 0.251 e. The number of rotatable bonds is 9. The van der Waals surface area contributed by atoms with Crippen molar-refractivity contribution < 1.29 is 4.79 Å². The van der Waals surface area contributed by atoms with Gasteiger partial charge in [0.25, 0.3) is 5.91 Å². The highest BCUT2D eigenvalue weighted by Gasteiger charge is 2.11. The number of nitrogens with zero attached hydrogens (tertiary/aromatic N) is 5. The van der Waals surface area contributed by atoms with Crippen molar-refractivity contribution in [3.8, 4) is 11.3 Å². The van der Waals surface area contributed by atoms with Crippen molar-refractivity contribution in [3.05, 3.63) is 72.9 Å². The lowest BCUT2D eigenvalue weighted by molar-refractivity contribution is 0.0949. The van der Waals surface area contributed by atoms with E-state index in [0.717, 1.165) is 42.2 Å². The Morgan fingerprint density at radius 2 is 1.75 bits per heavy atom. The Labute approximate surface area is 187 Å². The van der Waals surface area contributed by atoms with Crippen LogP contribution in [0.2, 0.25) is 0 Å². The number of aromatic nitrogens is 4. The molecule has 1 amide bonds. The normalized spacial score (nSPS) is 11.1. The van der Waals surface area contributed by atoms with Crippen molar-refractivity contribution in [2.24, 2.45) is 0 Å². The van der Waals surface area contributed by atoms with Crippen molar-refractivity contribution in [3.63, 3.8) is 0 Å². The number of carbonyl (C=O) groups excluding carboxylic acids is 1. The Bertz CT molecular complexity index is 1170. The van der Waals surface area contributed by atoms with Crippen LogP contribution in [0.4, 0.5) is 11.5 Å². The highest BCUT2D eigenvalue weighted by Crippen LogP contribution is 2.25. The predicted octanol–water partition coefficient (Wildman–Crippen LogP) is 3.61. The van der Waals surface area contributed by atoms with Crippen LogP contribution in [0.5, 0.6) is 0 Å². The van der Waals surface area contributed by atoms with Crippen molar-refractivity contribution in [1.82, 2.24) is 29.6 Å². The minimum Gasteiger partial charge on any atom is -0.351 e. The molecular weight excluding hydrogens is 402 g/mol. The van der Waals surface area contributed by atoms with Gasteiger partial charge in [-0.2, -0.15) is 0 Å². The van der Waals surface area contributed by atoms with Crippen LogP contribution in [0.1, 0.15) is 24.2 Å². The van der Waals surface area contributed by atoms with E-state index in [1.54, 1.807) is 18.6 Å². The predicted molar refractivity (Wildman–Crippen MR) is 126 cm³/mol. The third-order valence-electron chi connectivity index (χ3n) is 5.42. The van der Waals surface area contributed by atoms with Gasteiger partial charge in [0.05, 0.1) is 11.9 Å². The summed E-state index contributed by atoms with van der Waals surface area (Å²) < 4.78 is 1.99. The molecule has 8 heteroatoms. The number of imidazole rings is 1. The number of likely N-dealkylation sites (N-methyl/N-ethyl adjacent to an activating group) is 1. The highest BCUT2D eigenvalue weighted by atomic mass is 16.1. The molecule has 3 heterocycles. The zero-order valence-corrected chi connectivity index (χ0v) is 18.3. The van der Waals surface area contributed by atoms with E-state index < -0.39 is 0 Å². The SMILES string of the molecule is CCN(CC)CCNC(=O)c1ccc(Nc2ncc(-c3ccncc3)n3ccnc23)cc1. The minimum atomic E-state index is -0.0702.